The van der Waals surface area contributed by atoms with E-state index in [0.717, 1.165) is 57.0 Å². The minimum Gasteiger partial charge on any atom is -0.394 e. The van der Waals surface area contributed by atoms with Crippen LogP contribution in [0.15, 0.2) is 12.4 Å². The maximum atomic E-state index is 9.50. The molecule has 0 aliphatic carbocycles. The van der Waals surface area contributed by atoms with Crippen LogP contribution >= 0.6 is 0 Å². The molecule has 2 N–H and O–H groups in total. The Morgan fingerprint density at radius 3 is 2.78 bits per heavy atom. The second-order valence-electron chi connectivity index (χ2n) is 6.21. The first-order valence-electron chi connectivity index (χ1n) is 8.48. The van der Waals surface area contributed by atoms with E-state index in [1.165, 1.54) is 0 Å². The number of ether oxygens (including phenoxy) is 1. The van der Waals surface area contributed by atoms with Gasteiger partial charge < -0.3 is 24.7 Å². The molecule has 2 atom stereocenters. The Labute approximate surface area is 136 Å². The van der Waals surface area contributed by atoms with Crippen LogP contribution < -0.4 is 9.80 Å². The summed E-state index contributed by atoms with van der Waals surface area (Å²) < 4.78 is 5.67. The molecular weight excluding hydrogens is 296 g/mol. The van der Waals surface area contributed by atoms with Crippen molar-refractivity contribution in [1.82, 2.24) is 9.97 Å². The third-order valence-corrected chi connectivity index (χ3v) is 4.67. The SMILES string of the molecule is OCCOC1CCCN(c2cc(N3CCCC3CO)ncn2)C1. The Bertz CT molecular complexity index is 502. The highest BCUT2D eigenvalue weighted by atomic mass is 16.5. The van der Waals surface area contributed by atoms with Gasteiger partial charge in [0.2, 0.25) is 0 Å². The van der Waals surface area contributed by atoms with Crippen molar-refractivity contribution in [2.24, 2.45) is 0 Å². The predicted molar refractivity (Wildman–Crippen MR) is 87.8 cm³/mol. The number of aromatic nitrogens is 2. The quantitative estimate of drug-likeness (QED) is 0.785. The number of aliphatic hydroxyl groups excluding tert-OH is 2. The number of piperidine rings is 1. The topological polar surface area (TPSA) is 82.0 Å². The highest BCUT2D eigenvalue weighted by molar-refractivity contribution is 5.51. The van der Waals surface area contributed by atoms with Gasteiger partial charge in [-0.15, -0.1) is 0 Å². The van der Waals surface area contributed by atoms with Crippen molar-refractivity contribution in [2.75, 3.05) is 49.3 Å². The Morgan fingerprint density at radius 1 is 1.13 bits per heavy atom. The van der Waals surface area contributed by atoms with Crippen molar-refractivity contribution < 1.29 is 14.9 Å². The summed E-state index contributed by atoms with van der Waals surface area (Å²) in [5.41, 5.74) is 0. The zero-order valence-electron chi connectivity index (χ0n) is 13.5. The van der Waals surface area contributed by atoms with E-state index in [1.807, 2.05) is 6.07 Å². The molecule has 0 radical (unpaired) electrons. The second-order valence-corrected chi connectivity index (χ2v) is 6.21. The number of hydrogen-bond donors (Lipinski definition) is 2. The summed E-state index contributed by atoms with van der Waals surface area (Å²) in [6.07, 6.45) is 5.93. The van der Waals surface area contributed by atoms with Crippen LogP contribution in [0.1, 0.15) is 25.7 Å². The van der Waals surface area contributed by atoms with Crippen LogP contribution in [0, 0.1) is 0 Å². The molecule has 0 spiro atoms. The number of nitrogens with zero attached hydrogens (tertiary/aromatic N) is 4. The van der Waals surface area contributed by atoms with Crippen molar-refractivity contribution >= 4 is 11.6 Å². The van der Waals surface area contributed by atoms with Crippen molar-refractivity contribution in [1.29, 1.82) is 0 Å². The predicted octanol–water partition coefficient (Wildman–Crippen LogP) is 0.415. The third kappa shape index (κ3) is 3.91. The van der Waals surface area contributed by atoms with E-state index >= 15 is 0 Å². The van der Waals surface area contributed by atoms with Gasteiger partial charge in [-0.05, 0) is 25.7 Å². The molecule has 3 rings (SSSR count). The minimum absolute atomic E-state index is 0.0612. The highest BCUT2D eigenvalue weighted by Crippen LogP contribution is 2.27. The summed E-state index contributed by atoms with van der Waals surface area (Å²) in [7, 11) is 0. The number of hydrogen-bond acceptors (Lipinski definition) is 7. The van der Waals surface area contributed by atoms with Gasteiger partial charge in [0, 0.05) is 25.7 Å². The third-order valence-electron chi connectivity index (χ3n) is 4.67. The van der Waals surface area contributed by atoms with Gasteiger partial charge in [-0.2, -0.15) is 0 Å². The normalized spacial score (nSPS) is 25.1. The molecule has 0 bridgehead atoms. The van der Waals surface area contributed by atoms with Crippen LogP contribution in [0.5, 0.6) is 0 Å². The van der Waals surface area contributed by atoms with Gasteiger partial charge in [-0.3, -0.25) is 0 Å². The average molecular weight is 322 g/mol. The van der Waals surface area contributed by atoms with Crippen LogP contribution in [-0.4, -0.2) is 71.8 Å². The second kappa shape index (κ2) is 7.90. The summed E-state index contributed by atoms with van der Waals surface area (Å²) in [4.78, 5) is 13.2. The summed E-state index contributed by atoms with van der Waals surface area (Å²) in [5, 5.41) is 18.4. The van der Waals surface area contributed by atoms with E-state index in [2.05, 4.69) is 19.8 Å². The van der Waals surface area contributed by atoms with Gasteiger partial charge in [0.1, 0.15) is 18.0 Å². The Kier molecular flexibility index (Phi) is 5.64. The molecule has 0 aromatic carbocycles. The lowest BCUT2D eigenvalue weighted by molar-refractivity contribution is 0.0213. The molecule has 7 heteroatoms. The Balaban J connectivity index is 1.69. The lowest BCUT2D eigenvalue weighted by atomic mass is 10.1. The standard InChI is InChI=1S/C16H26N4O3/c21-7-8-23-14-4-2-5-19(10-14)15-9-16(18-12-17-15)20-6-1-3-13(20)11-22/h9,12-14,21-22H,1-8,10-11H2. The molecule has 1 aromatic rings. The van der Waals surface area contributed by atoms with Crippen LogP contribution in [0.25, 0.3) is 0 Å². The van der Waals surface area contributed by atoms with Crippen LogP contribution in [0.3, 0.4) is 0 Å². The largest absolute Gasteiger partial charge is 0.394 e. The summed E-state index contributed by atoms with van der Waals surface area (Å²) in [6, 6.07) is 2.18. The molecule has 0 saturated carbocycles. The molecule has 2 fully saturated rings. The van der Waals surface area contributed by atoms with E-state index in [9.17, 15) is 5.11 Å². The van der Waals surface area contributed by atoms with Crippen molar-refractivity contribution in [3.05, 3.63) is 12.4 Å². The van der Waals surface area contributed by atoms with Gasteiger partial charge in [-0.25, -0.2) is 9.97 Å². The van der Waals surface area contributed by atoms with Crippen molar-refractivity contribution in [2.45, 2.75) is 37.8 Å². The highest BCUT2D eigenvalue weighted by Gasteiger charge is 2.26. The zero-order chi connectivity index (χ0) is 16.1. The van der Waals surface area contributed by atoms with Gasteiger partial charge in [0.05, 0.1) is 32.0 Å². The van der Waals surface area contributed by atoms with Gasteiger partial charge >= 0.3 is 0 Å². The van der Waals surface area contributed by atoms with E-state index in [1.54, 1.807) is 6.33 Å². The summed E-state index contributed by atoms with van der Waals surface area (Å²) >= 11 is 0. The number of anilines is 2. The molecular formula is C16H26N4O3. The maximum absolute atomic E-state index is 9.50. The van der Waals surface area contributed by atoms with E-state index in [4.69, 9.17) is 9.84 Å². The van der Waals surface area contributed by atoms with Crippen LogP contribution in [0.4, 0.5) is 11.6 Å². The number of aliphatic hydroxyl groups is 2. The van der Waals surface area contributed by atoms with Crippen molar-refractivity contribution in [3.8, 4) is 0 Å². The molecule has 0 amide bonds. The molecule has 3 heterocycles. The zero-order valence-corrected chi connectivity index (χ0v) is 13.5. The fourth-order valence-electron chi connectivity index (χ4n) is 3.50. The molecule has 7 nitrogen and oxygen atoms in total. The van der Waals surface area contributed by atoms with E-state index in [0.29, 0.717) is 6.61 Å². The van der Waals surface area contributed by atoms with Crippen LogP contribution in [0.2, 0.25) is 0 Å². The monoisotopic (exact) mass is 322 g/mol. The summed E-state index contributed by atoms with van der Waals surface area (Å²) in [6.45, 7) is 3.30. The molecule has 2 unspecified atom stereocenters. The first kappa shape index (κ1) is 16.4. The molecule has 2 aliphatic heterocycles. The Morgan fingerprint density at radius 2 is 1.96 bits per heavy atom. The van der Waals surface area contributed by atoms with Crippen molar-refractivity contribution in [3.63, 3.8) is 0 Å². The molecule has 2 saturated heterocycles. The van der Waals surface area contributed by atoms with Crippen LogP contribution in [-0.2, 0) is 4.74 Å². The van der Waals surface area contributed by atoms with Gasteiger partial charge in [-0.1, -0.05) is 0 Å². The average Bonchev–Trinajstić information content (AvgIpc) is 3.09. The first-order valence-corrected chi connectivity index (χ1v) is 8.48. The number of rotatable bonds is 6. The maximum Gasteiger partial charge on any atom is 0.134 e. The van der Waals surface area contributed by atoms with Gasteiger partial charge in [0.15, 0.2) is 0 Å². The van der Waals surface area contributed by atoms with Gasteiger partial charge in [0.25, 0.3) is 0 Å². The molecule has 2 aliphatic rings. The van der Waals surface area contributed by atoms with E-state index < -0.39 is 0 Å². The smallest absolute Gasteiger partial charge is 0.134 e. The molecule has 1 aromatic heterocycles. The fraction of sp³-hybridized carbons (Fsp3) is 0.750. The molecule has 23 heavy (non-hydrogen) atoms. The lowest BCUT2D eigenvalue weighted by Gasteiger charge is -2.34. The summed E-state index contributed by atoms with van der Waals surface area (Å²) in [5.74, 6) is 1.81. The fourth-order valence-corrected chi connectivity index (χ4v) is 3.50. The first-order chi connectivity index (χ1) is 11.3. The van der Waals surface area contributed by atoms with E-state index in [-0.39, 0.29) is 25.4 Å². The molecule has 128 valence electrons. The minimum atomic E-state index is 0.0612. The lowest BCUT2D eigenvalue weighted by Crippen LogP contribution is -2.40. The Hall–Kier alpha value is -1.44.